The Bertz CT molecular complexity index is 1130. The second kappa shape index (κ2) is 8.14. The van der Waals surface area contributed by atoms with Gasteiger partial charge in [0.15, 0.2) is 5.82 Å². The van der Waals surface area contributed by atoms with Crippen LogP contribution in [0.3, 0.4) is 0 Å². The third kappa shape index (κ3) is 3.54. The van der Waals surface area contributed by atoms with Crippen molar-refractivity contribution in [1.29, 1.82) is 0 Å². The van der Waals surface area contributed by atoms with E-state index in [0.717, 1.165) is 22.2 Å². The van der Waals surface area contributed by atoms with Gasteiger partial charge in [0.25, 0.3) is 0 Å². The summed E-state index contributed by atoms with van der Waals surface area (Å²) in [6.07, 6.45) is 3.44. The summed E-state index contributed by atoms with van der Waals surface area (Å²) in [5, 5.41) is 0.740. The average Bonchev–Trinajstić information content (AvgIpc) is 3.09. The van der Waals surface area contributed by atoms with E-state index in [-0.39, 0.29) is 0 Å². The van der Waals surface area contributed by atoms with E-state index in [9.17, 15) is 4.21 Å². The third-order valence-electron chi connectivity index (χ3n) is 4.20. The lowest BCUT2D eigenvalue weighted by atomic mass is 10.1. The number of nitrogen functional groups attached to an aromatic ring is 1. The minimum Gasteiger partial charge on any atom is -0.396 e. The quantitative estimate of drug-likeness (QED) is 0.520. The van der Waals surface area contributed by atoms with Crippen molar-refractivity contribution in [3.05, 3.63) is 54.9 Å². The van der Waals surface area contributed by atoms with Gasteiger partial charge in [0.1, 0.15) is 9.04 Å². The Labute approximate surface area is 168 Å². The Morgan fingerprint density at radius 3 is 2.61 bits per heavy atom. The first-order valence-electron chi connectivity index (χ1n) is 8.62. The Hall–Kier alpha value is -2.68. The zero-order valence-electron chi connectivity index (χ0n) is 15.2. The normalized spacial score (nSPS) is 12.3. The Kier molecular flexibility index (Phi) is 5.43. The second-order valence-corrected chi connectivity index (χ2v) is 8.79. The average molecular weight is 411 g/mol. The molecule has 0 aliphatic rings. The Morgan fingerprint density at radius 1 is 1.11 bits per heavy atom. The number of methoxy groups -OCH3 is 1. The first-order chi connectivity index (χ1) is 13.7. The van der Waals surface area contributed by atoms with Crippen LogP contribution in [0, 0.1) is 0 Å². The van der Waals surface area contributed by atoms with Crippen molar-refractivity contribution in [1.82, 2.24) is 15.0 Å². The molecule has 0 aliphatic carbocycles. The molecule has 0 saturated heterocycles. The van der Waals surface area contributed by atoms with E-state index < -0.39 is 10.8 Å². The number of benzene rings is 1. The van der Waals surface area contributed by atoms with Crippen LogP contribution in [-0.4, -0.2) is 38.6 Å². The maximum atomic E-state index is 12.7. The smallest absolute Gasteiger partial charge is 0.162 e. The molecule has 3 aromatic heterocycles. The molecule has 1 aromatic carbocycles. The molecule has 0 spiro atoms. The number of nitrogens with zero attached hydrogens (tertiary/aromatic N) is 3. The fourth-order valence-corrected chi connectivity index (χ4v) is 5.39. The number of ether oxygens (including phenoxy) is 1. The highest BCUT2D eigenvalue weighted by atomic mass is 32.2. The van der Waals surface area contributed by atoms with Gasteiger partial charge in [0.2, 0.25) is 0 Å². The van der Waals surface area contributed by atoms with E-state index in [0.29, 0.717) is 32.9 Å². The van der Waals surface area contributed by atoms with E-state index >= 15 is 0 Å². The zero-order chi connectivity index (χ0) is 19.5. The van der Waals surface area contributed by atoms with Crippen LogP contribution < -0.4 is 5.73 Å². The van der Waals surface area contributed by atoms with Crippen LogP contribution in [0.2, 0.25) is 0 Å². The van der Waals surface area contributed by atoms with Crippen LogP contribution in [0.25, 0.3) is 32.9 Å². The molecule has 142 valence electrons. The predicted molar refractivity (Wildman–Crippen MR) is 114 cm³/mol. The van der Waals surface area contributed by atoms with Gasteiger partial charge in [-0.15, -0.1) is 11.3 Å². The van der Waals surface area contributed by atoms with Crippen molar-refractivity contribution < 1.29 is 8.95 Å². The summed E-state index contributed by atoms with van der Waals surface area (Å²) >= 11 is 1.35. The first-order valence-corrected chi connectivity index (χ1v) is 10.8. The van der Waals surface area contributed by atoms with E-state index in [1.54, 1.807) is 19.5 Å². The molecular weight excluding hydrogens is 392 g/mol. The maximum absolute atomic E-state index is 12.7. The number of fused-ring (bicyclic) bond motifs is 1. The molecule has 4 rings (SSSR count). The van der Waals surface area contributed by atoms with E-state index in [1.807, 2.05) is 42.5 Å². The predicted octanol–water partition coefficient (Wildman–Crippen LogP) is 3.76. The minimum absolute atomic E-state index is 0.386. The SMILES string of the molecule is COCC[S@](=O)c1sc2nc(-c3cccnc3)nc(-c3ccccc3)c2c1N. The molecule has 1 atom stereocenters. The van der Waals surface area contributed by atoms with Crippen molar-refractivity contribution in [2.75, 3.05) is 25.2 Å². The Morgan fingerprint density at radius 2 is 1.89 bits per heavy atom. The summed E-state index contributed by atoms with van der Waals surface area (Å²) in [6, 6.07) is 13.6. The number of rotatable bonds is 6. The van der Waals surface area contributed by atoms with Crippen molar-refractivity contribution in [2.24, 2.45) is 0 Å². The van der Waals surface area contributed by atoms with E-state index in [2.05, 4.69) is 4.98 Å². The van der Waals surface area contributed by atoms with Crippen LogP contribution in [0.1, 0.15) is 0 Å². The minimum atomic E-state index is -1.25. The molecule has 28 heavy (non-hydrogen) atoms. The lowest BCUT2D eigenvalue weighted by molar-refractivity contribution is 0.218. The van der Waals surface area contributed by atoms with Gasteiger partial charge >= 0.3 is 0 Å². The standard InChI is InChI=1S/C20H18N4O2S2/c1-26-10-11-28(25)20-16(21)15-17(13-6-3-2-4-7-13)23-18(24-19(15)27-20)14-8-5-9-22-12-14/h2-9,12H,10-11,21H2,1H3/t28-/m0/s1. The van der Waals surface area contributed by atoms with Gasteiger partial charge in [-0.25, -0.2) is 9.97 Å². The molecular formula is C20H18N4O2S2. The molecule has 3 heterocycles. The van der Waals surface area contributed by atoms with E-state index in [1.165, 1.54) is 11.3 Å². The number of nitrogens with two attached hydrogens (primary N) is 1. The number of hydrogen-bond acceptors (Lipinski definition) is 7. The molecule has 0 radical (unpaired) electrons. The highest BCUT2D eigenvalue weighted by Crippen LogP contribution is 2.41. The van der Waals surface area contributed by atoms with Crippen molar-refractivity contribution in [3.63, 3.8) is 0 Å². The van der Waals surface area contributed by atoms with Gasteiger partial charge in [-0.05, 0) is 12.1 Å². The highest BCUT2D eigenvalue weighted by molar-refractivity contribution is 7.87. The molecule has 6 nitrogen and oxygen atoms in total. The number of thiophene rings is 1. The second-order valence-electron chi connectivity index (χ2n) is 6.03. The maximum Gasteiger partial charge on any atom is 0.162 e. The number of hydrogen-bond donors (Lipinski definition) is 1. The summed E-state index contributed by atoms with van der Waals surface area (Å²) in [4.78, 5) is 14.4. The van der Waals surface area contributed by atoms with Crippen LogP contribution in [0.15, 0.2) is 59.1 Å². The third-order valence-corrected chi connectivity index (χ3v) is 7.07. The zero-order valence-corrected chi connectivity index (χ0v) is 16.8. The molecule has 0 unspecified atom stereocenters. The van der Waals surface area contributed by atoms with Gasteiger partial charge in [0.05, 0.1) is 39.9 Å². The summed E-state index contributed by atoms with van der Waals surface area (Å²) in [6.45, 7) is 0.401. The topological polar surface area (TPSA) is 91.0 Å². The monoisotopic (exact) mass is 410 g/mol. The molecule has 0 aliphatic heterocycles. The van der Waals surface area contributed by atoms with Crippen LogP contribution in [0.5, 0.6) is 0 Å². The van der Waals surface area contributed by atoms with Crippen molar-refractivity contribution in [2.45, 2.75) is 4.21 Å². The molecule has 0 saturated carbocycles. The summed E-state index contributed by atoms with van der Waals surface area (Å²) in [7, 11) is 0.333. The molecule has 2 N–H and O–H groups in total. The molecule has 8 heteroatoms. The van der Waals surface area contributed by atoms with E-state index in [4.69, 9.17) is 20.4 Å². The van der Waals surface area contributed by atoms with Gasteiger partial charge in [-0.1, -0.05) is 30.3 Å². The van der Waals surface area contributed by atoms with Crippen LogP contribution >= 0.6 is 11.3 Å². The van der Waals surface area contributed by atoms with Gasteiger partial charge in [-0.3, -0.25) is 9.19 Å². The first kappa shape index (κ1) is 18.7. The molecule has 0 amide bonds. The van der Waals surface area contributed by atoms with Crippen LogP contribution in [-0.2, 0) is 15.5 Å². The fraction of sp³-hybridized carbons (Fsp3) is 0.150. The van der Waals surface area contributed by atoms with Crippen molar-refractivity contribution >= 4 is 38.0 Å². The summed E-state index contributed by atoms with van der Waals surface area (Å²) in [5.41, 5.74) is 9.38. The molecule has 4 aromatic rings. The molecule has 0 bridgehead atoms. The van der Waals surface area contributed by atoms with Gasteiger partial charge < -0.3 is 10.5 Å². The summed E-state index contributed by atoms with van der Waals surface area (Å²) in [5.74, 6) is 0.951. The molecule has 0 fully saturated rings. The largest absolute Gasteiger partial charge is 0.396 e. The fourth-order valence-electron chi connectivity index (χ4n) is 2.85. The lowest BCUT2D eigenvalue weighted by Gasteiger charge is -2.07. The number of aromatic nitrogens is 3. The highest BCUT2D eigenvalue weighted by Gasteiger charge is 2.21. The van der Waals surface area contributed by atoms with Crippen LogP contribution in [0.4, 0.5) is 5.69 Å². The van der Waals surface area contributed by atoms with Gasteiger partial charge in [0, 0.05) is 30.6 Å². The van der Waals surface area contributed by atoms with Crippen molar-refractivity contribution in [3.8, 4) is 22.6 Å². The lowest BCUT2D eigenvalue weighted by Crippen LogP contribution is -2.04. The number of pyridine rings is 1. The van der Waals surface area contributed by atoms with Gasteiger partial charge in [-0.2, -0.15) is 0 Å². The number of anilines is 1. The Balaban J connectivity index is 1.95. The summed E-state index contributed by atoms with van der Waals surface area (Å²) < 4.78 is 18.4.